The molecule has 0 aliphatic carbocycles. The minimum Gasteiger partial charge on any atom is -0.472 e. The quantitative estimate of drug-likeness (QED) is 0.802. The number of hydrogen-bond acceptors (Lipinski definition) is 5. The normalized spacial score (nSPS) is 19.2. The number of aromatic nitrogens is 3. The van der Waals surface area contributed by atoms with Crippen LogP contribution in [0.1, 0.15) is 48.5 Å². The van der Waals surface area contributed by atoms with Gasteiger partial charge in [-0.3, -0.25) is 0 Å². The largest absolute Gasteiger partial charge is 0.495 e. The molecule has 0 amide bonds. The topological polar surface area (TPSA) is 58.4 Å². The minimum absolute atomic E-state index is 0.358. The molecule has 1 saturated heterocycles. The van der Waals surface area contributed by atoms with E-state index in [1.54, 1.807) is 10.9 Å². The van der Waals surface area contributed by atoms with E-state index >= 15 is 0 Å². The highest BCUT2D eigenvalue weighted by Gasteiger charge is 2.52. The lowest BCUT2D eigenvalue weighted by Gasteiger charge is -2.32. The van der Waals surface area contributed by atoms with E-state index in [1.165, 1.54) is 0 Å². The van der Waals surface area contributed by atoms with Crippen LogP contribution in [-0.2, 0) is 9.31 Å². The summed E-state index contributed by atoms with van der Waals surface area (Å²) in [5.41, 5.74) is -0.308. The molecule has 0 atom stereocenters. The molecule has 0 N–H and O–H groups in total. The van der Waals surface area contributed by atoms with Crippen molar-refractivity contribution >= 4 is 12.6 Å². The first kappa shape index (κ1) is 18.0. The number of hydrogen-bond donors (Lipinski definition) is 0. The lowest BCUT2D eigenvalue weighted by molar-refractivity contribution is 0.00578. The number of ether oxygens (including phenoxy) is 1. The monoisotopic (exact) mass is 343 g/mol. The molecule has 0 unspecified atom stereocenters. The lowest BCUT2D eigenvalue weighted by atomic mass is 9.79. The summed E-state index contributed by atoms with van der Waals surface area (Å²) >= 11 is 0. The first-order chi connectivity index (χ1) is 11.5. The van der Waals surface area contributed by atoms with Gasteiger partial charge in [0.1, 0.15) is 5.60 Å². The summed E-state index contributed by atoms with van der Waals surface area (Å²) in [5, 5.41) is 4.27. The molecule has 0 saturated carbocycles. The van der Waals surface area contributed by atoms with E-state index in [-0.39, 0.29) is 5.60 Å². The summed E-state index contributed by atoms with van der Waals surface area (Å²) in [5.74, 6) is 1.18. The molecule has 2 aromatic rings. The van der Waals surface area contributed by atoms with E-state index in [4.69, 9.17) is 14.0 Å². The van der Waals surface area contributed by atoms with E-state index in [0.717, 1.165) is 5.46 Å². The summed E-state index contributed by atoms with van der Waals surface area (Å²) in [6.45, 7) is 14.1. The molecule has 3 rings (SSSR count). The molecule has 0 radical (unpaired) electrons. The molecule has 6 nitrogen and oxygen atoms in total. The molecule has 2 aromatic heterocycles. The van der Waals surface area contributed by atoms with Gasteiger partial charge in [-0.05, 0) is 66.1 Å². The van der Waals surface area contributed by atoms with Crippen molar-refractivity contribution in [1.82, 2.24) is 14.8 Å². The summed E-state index contributed by atoms with van der Waals surface area (Å²) in [6, 6.07) is 5.65. The Labute approximate surface area is 149 Å². The fraction of sp³-hybridized carbons (Fsp3) is 0.556. The van der Waals surface area contributed by atoms with E-state index in [0.29, 0.717) is 11.7 Å². The molecule has 0 spiro atoms. The van der Waals surface area contributed by atoms with Crippen LogP contribution in [0.5, 0.6) is 5.88 Å². The van der Waals surface area contributed by atoms with Crippen molar-refractivity contribution in [2.75, 3.05) is 0 Å². The maximum atomic E-state index is 6.17. The Morgan fingerprint density at radius 2 is 1.72 bits per heavy atom. The molecular formula is C18H26BN3O3. The zero-order valence-electron chi connectivity index (χ0n) is 16.0. The highest BCUT2D eigenvalue weighted by molar-refractivity contribution is 6.62. The zero-order chi connectivity index (χ0) is 18.5. The third-order valence-electron chi connectivity index (χ3n) is 4.49. The van der Waals surface area contributed by atoms with Crippen molar-refractivity contribution < 1.29 is 14.0 Å². The van der Waals surface area contributed by atoms with Crippen molar-refractivity contribution in [3.8, 4) is 11.7 Å². The van der Waals surface area contributed by atoms with Gasteiger partial charge in [0, 0.05) is 18.5 Å². The number of pyridine rings is 1. The lowest BCUT2D eigenvalue weighted by Crippen LogP contribution is -2.41. The SMILES string of the molecule is CC(C)(C)Oc1cc(B2OC(C)(C)C(C)(C)O2)cc(-n2cccn2)n1. The van der Waals surface area contributed by atoms with E-state index in [2.05, 4.69) is 10.1 Å². The molecule has 1 fully saturated rings. The third kappa shape index (κ3) is 3.72. The van der Waals surface area contributed by atoms with Gasteiger partial charge in [0.15, 0.2) is 5.82 Å². The molecule has 25 heavy (non-hydrogen) atoms. The van der Waals surface area contributed by atoms with E-state index in [9.17, 15) is 0 Å². The first-order valence-corrected chi connectivity index (χ1v) is 8.54. The summed E-state index contributed by atoms with van der Waals surface area (Å²) in [6.07, 6.45) is 3.56. The fourth-order valence-electron chi connectivity index (χ4n) is 2.51. The maximum Gasteiger partial charge on any atom is 0.495 e. The summed E-state index contributed by atoms with van der Waals surface area (Å²) in [7, 11) is -0.482. The average molecular weight is 343 g/mol. The van der Waals surface area contributed by atoms with Gasteiger partial charge in [-0.15, -0.1) is 0 Å². The van der Waals surface area contributed by atoms with Gasteiger partial charge < -0.3 is 14.0 Å². The summed E-state index contributed by atoms with van der Waals surface area (Å²) < 4.78 is 20.0. The summed E-state index contributed by atoms with van der Waals surface area (Å²) in [4.78, 5) is 4.57. The molecule has 1 aliphatic rings. The van der Waals surface area contributed by atoms with Crippen molar-refractivity contribution in [3.63, 3.8) is 0 Å². The fourth-order valence-corrected chi connectivity index (χ4v) is 2.51. The molecular weight excluding hydrogens is 317 g/mol. The standard InChI is InChI=1S/C18H26BN3O3/c1-16(2,3)23-15-12-13(11-14(21-15)22-10-8-9-20-22)19-24-17(4,5)18(6,7)25-19/h8-12H,1-7H3. The second kappa shape index (κ2) is 5.85. The van der Waals surface area contributed by atoms with Crippen molar-refractivity contribution in [2.45, 2.75) is 65.3 Å². The van der Waals surface area contributed by atoms with Gasteiger partial charge in [-0.1, -0.05) is 0 Å². The Morgan fingerprint density at radius 3 is 2.24 bits per heavy atom. The Balaban J connectivity index is 2.01. The van der Waals surface area contributed by atoms with E-state index < -0.39 is 18.3 Å². The Kier molecular flexibility index (Phi) is 4.20. The van der Waals surface area contributed by atoms with Crippen LogP contribution in [0.4, 0.5) is 0 Å². The molecule has 0 bridgehead atoms. The maximum absolute atomic E-state index is 6.17. The zero-order valence-corrected chi connectivity index (χ0v) is 16.0. The van der Waals surface area contributed by atoms with Gasteiger partial charge in [0.2, 0.25) is 5.88 Å². The molecule has 3 heterocycles. The molecule has 134 valence electrons. The Hall–Kier alpha value is -1.86. The average Bonchev–Trinajstić information content (AvgIpc) is 3.04. The van der Waals surface area contributed by atoms with Crippen LogP contribution in [0.25, 0.3) is 5.82 Å². The first-order valence-electron chi connectivity index (χ1n) is 8.54. The van der Waals surface area contributed by atoms with Gasteiger partial charge in [0.25, 0.3) is 0 Å². The Morgan fingerprint density at radius 1 is 1.08 bits per heavy atom. The van der Waals surface area contributed by atoms with Gasteiger partial charge in [-0.2, -0.15) is 10.1 Å². The van der Waals surface area contributed by atoms with Crippen molar-refractivity contribution in [2.24, 2.45) is 0 Å². The van der Waals surface area contributed by atoms with Crippen LogP contribution in [0.2, 0.25) is 0 Å². The predicted molar refractivity (Wildman–Crippen MR) is 97.5 cm³/mol. The van der Waals surface area contributed by atoms with Crippen LogP contribution in [0, 0.1) is 0 Å². The van der Waals surface area contributed by atoms with Crippen LogP contribution in [-0.4, -0.2) is 38.7 Å². The van der Waals surface area contributed by atoms with Crippen molar-refractivity contribution in [1.29, 1.82) is 0 Å². The smallest absolute Gasteiger partial charge is 0.472 e. The molecule has 1 aliphatic heterocycles. The second-order valence-corrected chi connectivity index (χ2v) is 8.35. The van der Waals surface area contributed by atoms with Gasteiger partial charge in [-0.25, -0.2) is 4.68 Å². The third-order valence-corrected chi connectivity index (χ3v) is 4.49. The van der Waals surface area contributed by atoms with Crippen LogP contribution >= 0.6 is 0 Å². The van der Waals surface area contributed by atoms with Crippen molar-refractivity contribution in [3.05, 3.63) is 30.6 Å². The predicted octanol–water partition coefficient (Wildman–Crippen LogP) is 2.74. The van der Waals surface area contributed by atoms with Crippen LogP contribution in [0.3, 0.4) is 0 Å². The van der Waals surface area contributed by atoms with Crippen LogP contribution in [0.15, 0.2) is 30.6 Å². The highest BCUT2D eigenvalue weighted by atomic mass is 16.7. The minimum atomic E-state index is -0.482. The number of nitrogens with zero attached hydrogens (tertiary/aromatic N) is 3. The Bertz CT molecular complexity index is 735. The second-order valence-electron chi connectivity index (χ2n) is 8.35. The molecule has 7 heteroatoms. The van der Waals surface area contributed by atoms with Crippen LogP contribution < -0.4 is 10.2 Å². The van der Waals surface area contributed by atoms with E-state index in [1.807, 2.05) is 72.9 Å². The molecule has 0 aromatic carbocycles. The number of rotatable bonds is 3. The van der Waals surface area contributed by atoms with Gasteiger partial charge in [0.05, 0.1) is 11.2 Å². The van der Waals surface area contributed by atoms with Gasteiger partial charge >= 0.3 is 7.12 Å². The highest BCUT2D eigenvalue weighted by Crippen LogP contribution is 2.36.